The van der Waals surface area contributed by atoms with Gasteiger partial charge in [0, 0.05) is 4.70 Å². The standard InChI is InChI=1S/C12H14S/c1-8(2)10-5-4-6-11-9(3)7-13-12(10)11/h4-8H,1-3H3. The first-order valence-electron chi connectivity index (χ1n) is 4.67. The number of thiophene rings is 1. The van der Waals surface area contributed by atoms with Crippen LogP contribution in [-0.2, 0) is 0 Å². The maximum Gasteiger partial charge on any atom is 0.0380 e. The zero-order valence-electron chi connectivity index (χ0n) is 8.29. The predicted molar refractivity (Wildman–Crippen MR) is 60.7 cm³/mol. The Balaban J connectivity index is 2.77. The minimum absolute atomic E-state index is 0.627. The van der Waals surface area contributed by atoms with Gasteiger partial charge in [0.15, 0.2) is 0 Å². The Morgan fingerprint density at radius 3 is 2.69 bits per heavy atom. The molecule has 0 bridgehead atoms. The number of rotatable bonds is 1. The van der Waals surface area contributed by atoms with Crippen LogP contribution >= 0.6 is 11.3 Å². The maximum atomic E-state index is 2.25. The molecular weight excluding hydrogens is 176 g/mol. The highest BCUT2D eigenvalue weighted by Crippen LogP contribution is 2.32. The van der Waals surface area contributed by atoms with Crippen LogP contribution in [0.1, 0.15) is 30.9 Å². The fourth-order valence-electron chi connectivity index (χ4n) is 1.66. The quantitative estimate of drug-likeness (QED) is 0.627. The Kier molecular flexibility index (Phi) is 2.12. The van der Waals surface area contributed by atoms with E-state index in [0.717, 1.165) is 0 Å². The molecule has 0 aliphatic rings. The average molecular weight is 190 g/mol. The van der Waals surface area contributed by atoms with E-state index in [2.05, 4.69) is 44.4 Å². The zero-order chi connectivity index (χ0) is 9.42. The summed E-state index contributed by atoms with van der Waals surface area (Å²) in [5, 5.41) is 3.67. The minimum atomic E-state index is 0.627. The monoisotopic (exact) mass is 190 g/mol. The number of aryl methyl sites for hydroxylation is 1. The van der Waals surface area contributed by atoms with Crippen molar-refractivity contribution >= 4 is 21.4 Å². The third-order valence-electron chi connectivity index (χ3n) is 2.45. The van der Waals surface area contributed by atoms with Crippen molar-refractivity contribution in [2.24, 2.45) is 0 Å². The van der Waals surface area contributed by atoms with Crippen molar-refractivity contribution in [3.8, 4) is 0 Å². The molecule has 0 fully saturated rings. The molecule has 0 nitrogen and oxygen atoms in total. The van der Waals surface area contributed by atoms with Gasteiger partial charge in [-0.2, -0.15) is 0 Å². The van der Waals surface area contributed by atoms with Crippen molar-refractivity contribution in [3.63, 3.8) is 0 Å². The smallest absolute Gasteiger partial charge is 0.0380 e. The van der Waals surface area contributed by atoms with Crippen molar-refractivity contribution in [2.75, 3.05) is 0 Å². The molecule has 0 spiro atoms. The summed E-state index contributed by atoms with van der Waals surface area (Å²) < 4.78 is 1.47. The molecule has 2 rings (SSSR count). The highest BCUT2D eigenvalue weighted by molar-refractivity contribution is 7.17. The van der Waals surface area contributed by atoms with Crippen LogP contribution < -0.4 is 0 Å². The first-order chi connectivity index (χ1) is 6.20. The van der Waals surface area contributed by atoms with E-state index < -0.39 is 0 Å². The van der Waals surface area contributed by atoms with Crippen LogP contribution in [0.3, 0.4) is 0 Å². The summed E-state index contributed by atoms with van der Waals surface area (Å²) in [4.78, 5) is 0. The third kappa shape index (κ3) is 1.37. The SMILES string of the molecule is Cc1csc2c(C(C)C)cccc12. The number of hydrogen-bond acceptors (Lipinski definition) is 1. The average Bonchev–Trinajstić information content (AvgIpc) is 2.48. The van der Waals surface area contributed by atoms with Crippen molar-refractivity contribution < 1.29 is 0 Å². The van der Waals surface area contributed by atoms with Gasteiger partial charge in [-0.1, -0.05) is 32.0 Å². The molecule has 0 aliphatic carbocycles. The van der Waals surface area contributed by atoms with E-state index in [-0.39, 0.29) is 0 Å². The molecule has 0 aliphatic heterocycles. The highest BCUT2D eigenvalue weighted by Gasteiger charge is 2.07. The maximum absolute atomic E-state index is 2.25. The third-order valence-corrected chi connectivity index (χ3v) is 3.61. The lowest BCUT2D eigenvalue weighted by atomic mass is 10.0. The predicted octanol–water partition coefficient (Wildman–Crippen LogP) is 4.33. The molecule has 0 amide bonds. The fourth-order valence-corrected chi connectivity index (χ4v) is 2.88. The van der Waals surface area contributed by atoms with Gasteiger partial charge < -0.3 is 0 Å². The molecular formula is C12H14S. The van der Waals surface area contributed by atoms with Crippen molar-refractivity contribution in [1.29, 1.82) is 0 Å². The summed E-state index contributed by atoms with van der Waals surface area (Å²) in [6.07, 6.45) is 0. The van der Waals surface area contributed by atoms with E-state index in [1.807, 2.05) is 11.3 Å². The Labute approximate surface area is 83.2 Å². The first kappa shape index (κ1) is 8.76. The molecule has 1 aromatic heterocycles. The molecule has 0 atom stereocenters. The molecule has 2 aromatic rings. The first-order valence-corrected chi connectivity index (χ1v) is 5.55. The Morgan fingerprint density at radius 1 is 1.23 bits per heavy atom. The molecule has 0 saturated carbocycles. The van der Waals surface area contributed by atoms with Gasteiger partial charge in [-0.15, -0.1) is 11.3 Å². The van der Waals surface area contributed by atoms with Crippen LogP contribution in [-0.4, -0.2) is 0 Å². The molecule has 0 radical (unpaired) electrons. The highest BCUT2D eigenvalue weighted by atomic mass is 32.1. The molecule has 13 heavy (non-hydrogen) atoms. The lowest BCUT2D eigenvalue weighted by Crippen LogP contribution is -1.86. The van der Waals surface area contributed by atoms with Crippen LogP contribution in [0, 0.1) is 6.92 Å². The lowest BCUT2D eigenvalue weighted by Gasteiger charge is -2.06. The second-order valence-corrected chi connectivity index (χ2v) is 4.68. The Hall–Kier alpha value is -0.820. The van der Waals surface area contributed by atoms with Gasteiger partial charge in [0.2, 0.25) is 0 Å². The summed E-state index contributed by atoms with van der Waals surface area (Å²) in [6.45, 7) is 6.69. The van der Waals surface area contributed by atoms with E-state index in [1.165, 1.54) is 21.2 Å². The summed E-state index contributed by atoms with van der Waals surface area (Å²) in [6, 6.07) is 6.62. The van der Waals surface area contributed by atoms with Gasteiger partial charge in [-0.05, 0) is 34.7 Å². The van der Waals surface area contributed by atoms with E-state index in [1.54, 1.807) is 0 Å². The van der Waals surface area contributed by atoms with Gasteiger partial charge >= 0.3 is 0 Å². The van der Waals surface area contributed by atoms with Gasteiger partial charge in [-0.25, -0.2) is 0 Å². The molecule has 0 saturated heterocycles. The van der Waals surface area contributed by atoms with Crippen molar-refractivity contribution in [1.82, 2.24) is 0 Å². The molecule has 0 unspecified atom stereocenters. The topological polar surface area (TPSA) is 0 Å². The molecule has 1 aromatic carbocycles. The van der Waals surface area contributed by atoms with Crippen LogP contribution in [0.5, 0.6) is 0 Å². The lowest BCUT2D eigenvalue weighted by molar-refractivity contribution is 0.878. The fraction of sp³-hybridized carbons (Fsp3) is 0.333. The second kappa shape index (κ2) is 3.15. The van der Waals surface area contributed by atoms with Gasteiger partial charge in [0.25, 0.3) is 0 Å². The summed E-state index contributed by atoms with van der Waals surface area (Å²) in [5.74, 6) is 0.627. The van der Waals surface area contributed by atoms with Gasteiger partial charge in [-0.3, -0.25) is 0 Å². The number of benzene rings is 1. The van der Waals surface area contributed by atoms with E-state index in [9.17, 15) is 0 Å². The van der Waals surface area contributed by atoms with Crippen molar-refractivity contribution in [2.45, 2.75) is 26.7 Å². The summed E-state index contributed by atoms with van der Waals surface area (Å²) in [5.41, 5.74) is 2.89. The summed E-state index contributed by atoms with van der Waals surface area (Å²) in [7, 11) is 0. The van der Waals surface area contributed by atoms with Crippen LogP contribution in [0.4, 0.5) is 0 Å². The molecule has 68 valence electrons. The number of hydrogen-bond donors (Lipinski definition) is 0. The van der Waals surface area contributed by atoms with E-state index >= 15 is 0 Å². The Bertz CT molecular complexity index is 424. The minimum Gasteiger partial charge on any atom is -0.143 e. The number of fused-ring (bicyclic) bond motifs is 1. The van der Waals surface area contributed by atoms with Gasteiger partial charge in [0.1, 0.15) is 0 Å². The van der Waals surface area contributed by atoms with E-state index in [0.29, 0.717) is 5.92 Å². The van der Waals surface area contributed by atoms with E-state index in [4.69, 9.17) is 0 Å². The zero-order valence-corrected chi connectivity index (χ0v) is 9.11. The largest absolute Gasteiger partial charge is 0.143 e. The second-order valence-electron chi connectivity index (χ2n) is 3.80. The van der Waals surface area contributed by atoms with Crippen molar-refractivity contribution in [3.05, 3.63) is 34.7 Å². The summed E-state index contributed by atoms with van der Waals surface area (Å²) >= 11 is 1.87. The van der Waals surface area contributed by atoms with Crippen LogP contribution in [0.2, 0.25) is 0 Å². The molecule has 1 heteroatoms. The van der Waals surface area contributed by atoms with Crippen LogP contribution in [0.15, 0.2) is 23.6 Å². The normalized spacial score (nSPS) is 11.4. The Morgan fingerprint density at radius 2 is 2.00 bits per heavy atom. The molecule has 0 N–H and O–H groups in total. The van der Waals surface area contributed by atoms with Crippen LogP contribution in [0.25, 0.3) is 10.1 Å². The molecule has 1 heterocycles. The van der Waals surface area contributed by atoms with Gasteiger partial charge in [0.05, 0.1) is 0 Å².